The zero-order valence-corrected chi connectivity index (χ0v) is 13.5. The molecular weight excluding hydrogens is 250 g/mol. The summed E-state index contributed by atoms with van der Waals surface area (Å²) in [6.07, 6.45) is 2.50. The van der Waals surface area contributed by atoms with Crippen LogP contribution in [0.5, 0.6) is 5.88 Å². The Morgan fingerprint density at radius 2 is 1.90 bits per heavy atom. The molecule has 1 aromatic rings. The van der Waals surface area contributed by atoms with Crippen molar-refractivity contribution in [3.05, 3.63) is 18.1 Å². The molecule has 1 aliphatic rings. The first kappa shape index (κ1) is 15.2. The Labute approximate surface area is 122 Å². The van der Waals surface area contributed by atoms with Gasteiger partial charge in [0.05, 0.1) is 7.11 Å². The van der Waals surface area contributed by atoms with Crippen molar-refractivity contribution >= 4 is 0 Å². The smallest absolute Gasteiger partial charge is 0.216 e. The molecule has 1 atom stereocenters. The number of nitrogens with zero attached hydrogens (tertiary/aromatic N) is 2. The van der Waals surface area contributed by atoms with Crippen molar-refractivity contribution < 1.29 is 4.74 Å². The van der Waals surface area contributed by atoms with E-state index < -0.39 is 0 Å². The summed E-state index contributed by atoms with van der Waals surface area (Å²) in [6, 6.07) is 2.39. The van der Waals surface area contributed by atoms with Gasteiger partial charge in [-0.2, -0.15) is 0 Å². The SMILES string of the molecule is CCNC(Cc1cc(OC)ncn1)C1C(C)(C)C1(C)C. The first-order valence-corrected chi connectivity index (χ1v) is 7.43. The van der Waals surface area contributed by atoms with Crippen LogP contribution in [-0.2, 0) is 6.42 Å². The minimum atomic E-state index is 0.372. The predicted molar refractivity (Wildman–Crippen MR) is 80.8 cm³/mol. The van der Waals surface area contributed by atoms with Crippen molar-refractivity contribution in [1.29, 1.82) is 0 Å². The lowest BCUT2D eigenvalue weighted by Gasteiger charge is -2.20. The van der Waals surface area contributed by atoms with Crippen LogP contribution in [0.4, 0.5) is 0 Å². The van der Waals surface area contributed by atoms with Gasteiger partial charge in [-0.25, -0.2) is 9.97 Å². The first-order valence-electron chi connectivity index (χ1n) is 7.43. The molecule has 0 aliphatic heterocycles. The molecule has 2 rings (SSSR count). The molecule has 1 heterocycles. The summed E-state index contributed by atoms with van der Waals surface area (Å²) in [5, 5.41) is 3.64. The number of likely N-dealkylation sites (N-methyl/N-ethyl adjacent to an activating group) is 1. The van der Waals surface area contributed by atoms with E-state index in [9.17, 15) is 0 Å². The van der Waals surface area contributed by atoms with Gasteiger partial charge in [0.25, 0.3) is 0 Å². The summed E-state index contributed by atoms with van der Waals surface area (Å²) >= 11 is 0. The molecule has 1 N–H and O–H groups in total. The van der Waals surface area contributed by atoms with E-state index in [1.807, 2.05) is 6.07 Å². The van der Waals surface area contributed by atoms with Crippen molar-refractivity contribution in [2.45, 2.75) is 47.1 Å². The maximum Gasteiger partial charge on any atom is 0.216 e. The second-order valence-corrected chi connectivity index (χ2v) is 6.84. The molecule has 0 spiro atoms. The largest absolute Gasteiger partial charge is 0.481 e. The van der Waals surface area contributed by atoms with Crippen LogP contribution in [0.1, 0.15) is 40.3 Å². The Balaban J connectivity index is 2.14. The molecule has 20 heavy (non-hydrogen) atoms. The molecule has 112 valence electrons. The summed E-state index contributed by atoms with van der Waals surface area (Å²) in [7, 11) is 1.64. The van der Waals surface area contributed by atoms with Crippen LogP contribution < -0.4 is 10.1 Å². The molecule has 0 radical (unpaired) electrons. The summed E-state index contributed by atoms with van der Waals surface area (Å²) < 4.78 is 5.18. The maximum atomic E-state index is 5.18. The van der Waals surface area contributed by atoms with Gasteiger partial charge < -0.3 is 10.1 Å². The molecule has 4 nitrogen and oxygen atoms in total. The minimum Gasteiger partial charge on any atom is -0.481 e. The Morgan fingerprint density at radius 1 is 1.25 bits per heavy atom. The van der Waals surface area contributed by atoms with Crippen molar-refractivity contribution in [2.75, 3.05) is 13.7 Å². The lowest BCUT2D eigenvalue weighted by molar-refractivity contribution is 0.387. The van der Waals surface area contributed by atoms with Crippen LogP contribution in [0, 0.1) is 16.7 Å². The van der Waals surface area contributed by atoms with E-state index in [-0.39, 0.29) is 0 Å². The number of aromatic nitrogens is 2. The van der Waals surface area contributed by atoms with Gasteiger partial charge in [0.2, 0.25) is 5.88 Å². The third-order valence-corrected chi connectivity index (χ3v) is 5.34. The van der Waals surface area contributed by atoms with Crippen LogP contribution in [0.2, 0.25) is 0 Å². The van der Waals surface area contributed by atoms with Gasteiger partial charge in [-0.3, -0.25) is 0 Å². The van der Waals surface area contributed by atoms with E-state index in [1.165, 1.54) is 0 Å². The Morgan fingerprint density at radius 3 is 2.40 bits per heavy atom. The molecular formula is C16H27N3O. The zero-order valence-electron chi connectivity index (χ0n) is 13.5. The Kier molecular flexibility index (Phi) is 4.05. The lowest BCUT2D eigenvalue weighted by atomic mass is 9.99. The number of ether oxygens (including phenoxy) is 1. The summed E-state index contributed by atoms with van der Waals surface area (Å²) in [5.74, 6) is 1.30. The maximum absolute atomic E-state index is 5.18. The van der Waals surface area contributed by atoms with Gasteiger partial charge in [0, 0.05) is 24.2 Å². The average molecular weight is 277 g/mol. The third kappa shape index (κ3) is 2.53. The van der Waals surface area contributed by atoms with Crippen molar-refractivity contribution in [1.82, 2.24) is 15.3 Å². The third-order valence-electron chi connectivity index (χ3n) is 5.34. The Hall–Kier alpha value is -1.16. The number of nitrogens with one attached hydrogen (secondary N) is 1. The standard InChI is InChI=1S/C16H27N3O/c1-7-17-12(14-15(2,3)16(14,4)5)8-11-9-13(20-6)19-10-18-11/h9-10,12,14,17H,7-8H2,1-6H3. The highest BCUT2D eigenvalue weighted by molar-refractivity contribution is 5.20. The molecule has 1 unspecified atom stereocenters. The van der Waals surface area contributed by atoms with Gasteiger partial charge in [0.1, 0.15) is 6.33 Å². The van der Waals surface area contributed by atoms with Crippen molar-refractivity contribution in [2.24, 2.45) is 16.7 Å². The van der Waals surface area contributed by atoms with E-state index >= 15 is 0 Å². The number of methoxy groups -OCH3 is 1. The molecule has 4 heteroatoms. The average Bonchev–Trinajstić information content (AvgIpc) is 2.79. The first-order chi connectivity index (χ1) is 9.34. The highest BCUT2D eigenvalue weighted by Gasteiger charge is 2.66. The quantitative estimate of drug-likeness (QED) is 0.868. The van der Waals surface area contributed by atoms with Crippen LogP contribution in [0.25, 0.3) is 0 Å². The normalized spacial score (nSPS) is 21.5. The molecule has 1 aliphatic carbocycles. The topological polar surface area (TPSA) is 47.0 Å². The molecule has 1 aromatic heterocycles. The monoisotopic (exact) mass is 277 g/mol. The number of rotatable bonds is 6. The highest BCUT2D eigenvalue weighted by Crippen LogP contribution is 2.69. The van der Waals surface area contributed by atoms with Crippen molar-refractivity contribution in [3.63, 3.8) is 0 Å². The number of hydrogen-bond acceptors (Lipinski definition) is 4. The fourth-order valence-electron chi connectivity index (χ4n) is 3.65. The molecule has 0 bridgehead atoms. The molecule has 1 fully saturated rings. The van der Waals surface area contributed by atoms with E-state index in [4.69, 9.17) is 4.74 Å². The second-order valence-electron chi connectivity index (χ2n) is 6.84. The van der Waals surface area contributed by atoms with Crippen LogP contribution in [0.3, 0.4) is 0 Å². The molecule has 0 aromatic carbocycles. The van der Waals surface area contributed by atoms with Crippen LogP contribution >= 0.6 is 0 Å². The van der Waals surface area contributed by atoms with Gasteiger partial charge in [0.15, 0.2) is 0 Å². The van der Waals surface area contributed by atoms with Gasteiger partial charge in [-0.1, -0.05) is 34.6 Å². The van der Waals surface area contributed by atoms with Gasteiger partial charge in [-0.05, 0) is 23.3 Å². The summed E-state index contributed by atoms with van der Waals surface area (Å²) in [6.45, 7) is 12.6. The fraction of sp³-hybridized carbons (Fsp3) is 0.750. The van der Waals surface area contributed by atoms with Crippen LogP contribution in [0.15, 0.2) is 12.4 Å². The highest BCUT2D eigenvalue weighted by atomic mass is 16.5. The van der Waals surface area contributed by atoms with Gasteiger partial charge in [-0.15, -0.1) is 0 Å². The summed E-state index contributed by atoms with van der Waals surface area (Å²) in [5.41, 5.74) is 1.79. The number of hydrogen-bond donors (Lipinski definition) is 1. The zero-order chi connectivity index (χ0) is 15.0. The minimum absolute atomic E-state index is 0.372. The molecule has 0 saturated heterocycles. The van der Waals surface area contributed by atoms with Gasteiger partial charge >= 0.3 is 0 Å². The van der Waals surface area contributed by atoms with E-state index in [0.717, 1.165) is 18.7 Å². The van der Waals surface area contributed by atoms with E-state index in [1.54, 1.807) is 13.4 Å². The molecule has 0 amide bonds. The fourth-order valence-corrected chi connectivity index (χ4v) is 3.65. The second kappa shape index (κ2) is 5.32. The predicted octanol–water partition coefficient (Wildman–Crippen LogP) is 2.69. The van der Waals surface area contributed by atoms with Crippen molar-refractivity contribution in [3.8, 4) is 5.88 Å². The molecule has 1 saturated carbocycles. The lowest BCUT2D eigenvalue weighted by Crippen LogP contribution is -2.35. The van der Waals surface area contributed by atoms with E-state index in [2.05, 4.69) is 49.9 Å². The Bertz CT molecular complexity index is 457. The van der Waals surface area contributed by atoms with Crippen LogP contribution in [-0.4, -0.2) is 29.7 Å². The van der Waals surface area contributed by atoms with E-state index in [0.29, 0.717) is 28.7 Å². The summed E-state index contributed by atoms with van der Waals surface area (Å²) in [4.78, 5) is 8.46.